The van der Waals surface area contributed by atoms with E-state index in [1.807, 2.05) is 30.7 Å². The molecule has 2 aromatic rings. The second-order valence-electron chi connectivity index (χ2n) is 7.00. The van der Waals surface area contributed by atoms with E-state index < -0.39 is 18.9 Å². The zero-order chi connectivity index (χ0) is 24.2. The van der Waals surface area contributed by atoms with E-state index in [9.17, 15) is 23.2 Å². The summed E-state index contributed by atoms with van der Waals surface area (Å²) in [4.78, 5) is 37.9. The van der Waals surface area contributed by atoms with Crippen molar-refractivity contribution in [3.8, 4) is 11.5 Å². The summed E-state index contributed by atoms with van der Waals surface area (Å²) in [6, 6.07) is 13.9. The van der Waals surface area contributed by atoms with E-state index in [0.717, 1.165) is 12.2 Å². The molecule has 7 nitrogen and oxygen atoms in total. The summed E-state index contributed by atoms with van der Waals surface area (Å²) in [5.41, 5.74) is 1.64. The topological polar surface area (TPSA) is 84.9 Å². The van der Waals surface area contributed by atoms with Crippen molar-refractivity contribution in [1.29, 1.82) is 0 Å². The number of nitrogens with one attached hydrogen (secondary N) is 1. The molecule has 0 radical (unpaired) electrons. The van der Waals surface area contributed by atoms with Gasteiger partial charge in [0, 0.05) is 5.56 Å². The molecule has 1 aliphatic heterocycles. The van der Waals surface area contributed by atoms with Crippen LogP contribution < -0.4 is 10.1 Å². The van der Waals surface area contributed by atoms with Gasteiger partial charge in [0.25, 0.3) is 5.91 Å². The van der Waals surface area contributed by atoms with E-state index in [4.69, 9.17) is 9.47 Å². The van der Waals surface area contributed by atoms with Crippen molar-refractivity contribution in [2.75, 3.05) is 20.2 Å². The molecule has 180 valence electrons. The predicted octanol–water partition coefficient (Wildman–Crippen LogP) is 3.79. The summed E-state index contributed by atoms with van der Waals surface area (Å²) in [7, 11) is 1.29. The van der Waals surface area contributed by atoms with Gasteiger partial charge in [-0.3, -0.25) is 9.59 Å². The molecule has 0 spiro atoms. The van der Waals surface area contributed by atoms with Crippen LogP contribution in [0.3, 0.4) is 0 Å². The Morgan fingerprint density at radius 1 is 1.09 bits per heavy atom. The van der Waals surface area contributed by atoms with Crippen LogP contribution in [0.5, 0.6) is 11.5 Å². The van der Waals surface area contributed by atoms with Crippen molar-refractivity contribution in [3.63, 3.8) is 0 Å². The molecule has 34 heavy (non-hydrogen) atoms. The first-order chi connectivity index (χ1) is 15.9. The molecule has 1 aliphatic rings. The Labute approximate surface area is 221 Å². The maximum atomic E-state index is 12.4. The van der Waals surface area contributed by atoms with Crippen LogP contribution in [0, 0.1) is 44.5 Å². The summed E-state index contributed by atoms with van der Waals surface area (Å²) >= 11 is 0. The molecule has 0 aromatic heterocycles. The van der Waals surface area contributed by atoms with Crippen LogP contribution in [-0.2, 0) is 20.7 Å². The zero-order valence-electron chi connectivity index (χ0n) is 18.9. The number of rotatable bonds is 7. The standard InChI is InChI=1S/C23H25N2O5.CHF2.U/c1-3-16-6-10-18(11-7-16)30-19-12-8-17(9-13-19)22(27)24-15-21(26)25-14-4-5-20(25)23(28)29-2;2-1-3;/h4,6-13,20H,3,5,14-15H2,1-2H3,(H,24,27);1H;/q2*-1;+2/t20-;;/m0../s1. The number of hydrogen-bond donors (Lipinski definition) is 1. The Balaban J connectivity index is 0.00000137. The molecule has 0 bridgehead atoms. The van der Waals surface area contributed by atoms with E-state index in [1.165, 1.54) is 17.6 Å². The molecule has 3 rings (SSSR count). The first-order valence-corrected chi connectivity index (χ1v) is 10.3. The Morgan fingerprint density at radius 3 is 2.18 bits per heavy atom. The van der Waals surface area contributed by atoms with Gasteiger partial charge in [0.2, 0.25) is 5.91 Å². The van der Waals surface area contributed by atoms with Gasteiger partial charge in [0.15, 0.2) is 0 Å². The van der Waals surface area contributed by atoms with E-state index in [2.05, 4.69) is 12.2 Å². The minimum absolute atomic E-state index is 0. The van der Waals surface area contributed by atoms with Gasteiger partial charge >= 0.3 is 37.1 Å². The third-order valence-corrected chi connectivity index (χ3v) is 4.97. The molecule has 1 heterocycles. The number of esters is 1. The van der Waals surface area contributed by atoms with Gasteiger partial charge in [-0.1, -0.05) is 19.1 Å². The fourth-order valence-electron chi connectivity index (χ4n) is 3.22. The second kappa shape index (κ2) is 15.5. The number of halogens is 2. The number of nitrogens with zero attached hydrogens (tertiary/aromatic N) is 1. The number of amides is 2. The maximum absolute atomic E-state index is 12.4. The van der Waals surface area contributed by atoms with Crippen LogP contribution in [0.25, 0.3) is 0 Å². The molecule has 1 N–H and O–H groups in total. The molecule has 0 aliphatic carbocycles. The second-order valence-corrected chi connectivity index (χ2v) is 7.00. The third kappa shape index (κ3) is 8.73. The number of carbonyl (C=O) groups excluding carboxylic acids is 3. The Kier molecular flexibility index (Phi) is 13.5. The molecule has 1 fully saturated rings. The minimum Gasteiger partial charge on any atom is -0.468 e. The van der Waals surface area contributed by atoms with Crippen LogP contribution in [0.2, 0.25) is 0 Å². The van der Waals surface area contributed by atoms with Gasteiger partial charge in [-0.2, -0.15) is 0 Å². The monoisotopic (exact) mass is 698 g/mol. The largest absolute Gasteiger partial charge is 2.00 e. The summed E-state index contributed by atoms with van der Waals surface area (Å²) < 4.78 is 29.5. The van der Waals surface area contributed by atoms with Crippen molar-refractivity contribution < 1.29 is 63.8 Å². The number of likely N-dealkylation sites (tertiary alicyclic amines) is 1. The van der Waals surface area contributed by atoms with Gasteiger partial charge in [-0.25, -0.2) is 4.79 Å². The van der Waals surface area contributed by atoms with Crippen LogP contribution in [0.4, 0.5) is 8.78 Å². The number of benzene rings is 2. The predicted molar refractivity (Wildman–Crippen MR) is 118 cm³/mol. The number of aryl methyl sites for hydroxylation is 1. The molecular weight excluding hydrogens is 672 g/mol. The fraction of sp³-hybridized carbons (Fsp3) is 0.292. The van der Waals surface area contributed by atoms with Gasteiger partial charge in [-0.05, 0) is 55.3 Å². The first kappa shape index (κ1) is 29.6. The zero-order valence-corrected chi connectivity index (χ0v) is 23.1. The quantitative estimate of drug-likeness (QED) is 0.352. The molecule has 0 saturated carbocycles. The van der Waals surface area contributed by atoms with E-state index >= 15 is 0 Å². The number of ether oxygens (including phenoxy) is 2. The molecule has 1 saturated heterocycles. The number of methoxy groups -OCH3 is 1. The first-order valence-electron chi connectivity index (χ1n) is 10.3. The molecule has 10 heteroatoms. The summed E-state index contributed by atoms with van der Waals surface area (Å²) in [6.07, 6.45) is 3.26. The summed E-state index contributed by atoms with van der Waals surface area (Å²) in [5.74, 6) is 0.171. The Bertz CT molecular complexity index is 926. The minimum atomic E-state index is -1.00. The molecular formula is C24H26F2N2O5U. The average molecular weight is 699 g/mol. The molecule has 2 amide bonds. The Hall–Kier alpha value is -2.44. The normalized spacial score (nSPS) is 14.2. The van der Waals surface area contributed by atoms with Crippen LogP contribution in [0.15, 0.2) is 48.5 Å². The smallest absolute Gasteiger partial charge is 0.468 e. The van der Waals surface area contributed by atoms with E-state index in [-0.39, 0.29) is 49.5 Å². The van der Waals surface area contributed by atoms with Gasteiger partial charge in [0.1, 0.15) is 11.5 Å². The van der Waals surface area contributed by atoms with Crippen LogP contribution in [0.1, 0.15) is 29.3 Å². The van der Waals surface area contributed by atoms with Crippen LogP contribution >= 0.6 is 0 Å². The van der Waals surface area contributed by atoms with E-state index in [1.54, 1.807) is 24.3 Å². The SMILES string of the molecule is CCc1ccc(Oc2ccc(C(=O)NCC(=O)N3C[CH-]C[C@H]3C(=O)OC)cc2)cc1.F[CH-]F.[U+2]. The summed E-state index contributed by atoms with van der Waals surface area (Å²) in [5, 5.41) is 2.60. The van der Waals surface area contributed by atoms with Crippen LogP contribution in [-0.4, -0.2) is 48.9 Å². The van der Waals surface area contributed by atoms with Crippen molar-refractivity contribution in [1.82, 2.24) is 10.2 Å². The maximum Gasteiger partial charge on any atom is 2.00 e. The molecule has 1 atom stereocenters. The van der Waals surface area contributed by atoms with Crippen molar-refractivity contribution in [2.45, 2.75) is 25.8 Å². The Morgan fingerprint density at radius 2 is 1.65 bits per heavy atom. The number of hydrogen-bond acceptors (Lipinski definition) is 5. The van der Waals surface area contributed by atoms with Crippen molar-refractivity contribution in [2.24, 2.45) is 0 Å². The van der Waals surface area contributed by atoms with E-state index in [0.29, 0.717) is 24.3 Å². The van der Waals surface area contributed by atoms with Gasteiger partial charge < -0.3 is 34.9 Å². The summed E-state index contributed by atoms with van der Waals surface area (Å²) in [6.45, 7) is 1.26. The average Bonchev–Trinajstić information content (AvgIpc) is 3.33. The number of carbonyl (C=O) groups is 3. The van der Waals surface area contributed by atoms with Gasteiger partial charge in [0.05, 0.1) is 19.7 Å². The van der Waals surface area contributed by atoms with Gasteiger partial charge in [-0.15, -0.1) is 13.0 Å². The molecule has 2 aromatic carbocycles. The fourth-order valence-corrected chi connectivity index (χ4v) is 3.22. The molecule has 0 unspecified atom stereocenters. The van der Waals surface area contributed by atoms with Crippen molar-refractivity contribution in [3.05, 3.63) is 73.0 Å². The van der Waals surface area contributed by atoms with Crippen molar-refractivity contribution >= 4 is 17.8 Å². The third-order valence-electron chi connectivity index (χ3n) is 4.97.